The van der Waals surface area contributed by atoms with Gasteiger partial charge < -0.3 is 14.6 Å². The molecule has 0 fully saturated rings. The van der Waals surface area contributed by atoms with Gasteiger partial charge in [0, 0.05) is 30.7 Å². The maximum Gasteiger partial charge on any atom is 0.119 e. The number of methoxy groups -OCH3 is 1. The van der Waals surface area contributed by atoms with Crippen molar-refractivity contribution in [3.05, 3.63) is 29.0 Å². The molecule has 0 amide bonds. The van der Waals surface area contributed by atoms with E-state index in [-0.39, 0.29) is 0 Å². The van der Waals surface area contributed by atoms with Crippen LogP contribution in [0.5, 0.6) is 5.75 Å². The van der Waals surface area contributed by atoms with Crippen LogP contribution >= 0.6 is 0 Å². The molecule has 2 heterocycles. The van der Waals surface area contributed by atoms with Crippen molar-refractivity contribution in [1.82, 2.24) is 9.88 Å². The average Bonchev–Trinajstić information content (AvgIpc) is 2.72. The molecule has 1 N–H and O–H groups in total. The fourth-order valence-electron chi connectivity index (χ4n) is 3.15. The molecule has 1 aromatic carbocycles. The van der Waals surface area contributed by atoms with E-state index in [0.717, 1.165) is 31.8 Å². The van der Waals surface area contributed by atoms with Crippen molar-refractivity contribution in [1.29, 1.82) is 0 Å². The quantitative estimate of drug-likeness (QED) is 0.879. The first-order valence-electron chi connectivity index (χ1n) is 6.65. The molecular weight excluding hydrogens is 224 g/mol. The van der Waals surface area contributed by atoms with E-state index in [1.54, 1.807) is 7.11 Å². The molecule has 0 spiro atoms. The zero-order valence-electron chi connectivity index (χ0n) is 11.3. The van der Waals surface area contributed by atoms with E-state index in [0.29, 0.717) is 0 Å². The molecule has 1 aliphatic rings. The lowest BCUT2D eigenvalue weighted by Crippen LogP contribution is -2.28. The monoisotopic (exact) mass is 244 g/mol. The van der Waals surface area contributed by atoms with Crippen molar-refractivity contribution in [2.24, 2.45) is 0 Å². The van der Waals surface area contributed by atoms with Gasteiger partial charge in [0.15, 0.2) is 0 Å². The lowest BCUT2D eigenvalue weighted by atomic mass is 10.1. The lowest BCUT2D eigenvalue weighted by Gasteiger charge is -2.19. The molecule has 1 aliphatic heterocycles. The van der Waals surface area contributed by atoms with Crippen molar-refractivity contribution in [3.63, 3.8) is 0 Å². The van der Waals surface area contributed by atoms with Crippen LogP contribution in [-0.2, 0) is 19.5 Å². The number of ether oxygens (including phenoxy) is 1. The Balaban J connectivity index is 2.38. The number of fused-ring (bicyclic) bond motifs is 3. The standard InChI is InChI=1S/C15H20N2O/c1-4-12-13-8-11(18-3)7-10(2)15(13)17-6-5-16-9-14(12)17/h7-8,16H,4-6,9H2,1-3H3. The minimum Gasteiger partial charge on any atom is -0.497 e. The molecule has 3 nitrogen and oxygen atoms in total. The summed E-state index contributed by atoms with van der Waals surface area (Å²) in [6.45, 7) is 7.53. The first kappa shape index (κ1) is 11.6. The maximum atomic E-state index is 5.41. The number of nitrogens with one attached hydrogen (secondary N) is 1. The fraction of sp³-hybridized carbons (Fsp3) is 0.467. The third-order valence-electron chi connectivity index (χ3n) is 3.94. The molecule has 0 aliphatic carbocycles. The Bertz CT molecular complexity index is 598. The Hall–Kier alpha value is -1.48. The van der Waals surface area contributed by atoms with Crippen LogP contribution in [0.4, 0.5) is 0 Å². The van der Waals surface area contributed by atoms with Crippen LogP contribution in [0.15, 0.2) is 12.1 Å². The van der Waals surface area contributed by atoms with Gasteiger partial charge in [-0.05, 0) is 36.6 Å². The third kappa shape index (κ3) is 1.54. The average molecular weight is 244 g/mol. The summed E-state index contributed by atoms with van der Waals surface area (Å²) in [4.78, 5) is 0. The van der Waals surface area contributed by atoms with Gasteiger partial charge in [0.25, 0.3) is 0 Å². The van der Waals surface area contributed by atoms with Crippen LogP contribution in [0.1, 0.15) is 23.7 Å². The number of aryl methyl sites for hydroxylation is 2. The van der Waals surface area contributed by atoms with Crippen molar-refractivity contribution >= 4 is 10.9 Å². The van der Waals surface area contributed by atoms with E-state index in [2.05, 4.69) is 35.9 Å². The van der Waals surface area contributed by atoms with Gasteiger partial charge in [0.2, 0.25) is 0 Å². The van der Waals surface area contributed by atoms with Crippen molar-refractivity contribution < 1.29 is 4.74 Å². The predicted octanol–water partition coefficient (Wildman–Crippen LogP) is 2.62. The molecule has 0 saturated heterocycles. The summed E-state index contributed by atoms with van der Waals surface area (Å²) in [7, 11) is 1.74. The predicted molar refractivity (Wildman–Crippen MR) is 74.3 cm³/mol. The van der Waals surface area contributed by atoms with Crippen LogP contribution in [0, 0.1) is 6.92 Å². The largest absolute Gasteiger partial charge is 0.497 e. The second kappa shape index (κ2) is 4.32. The Morgan fingerprint density at radius 2 is 2.22 bits per heavy atom. The van der Waals surface area contributed by atoms with Gasteiger partial charge in [-0.3, -0.25) is 0 Å². The van der Waals surface area contributed by atoms with Crippen LogP contribution in [-0.4, -0.2) is 18.2 Å². The minimum absolute atomic E-state index is 0.964. The number of nitrogens with zero attached hydrogens (tertiary/aromatic N) is 1. The summed E-state index contributed by atoms with van der Waals surface area (Å²) in [5.74, 6) is 0.964. The van der Waals surface area contributed by atoms with E-state index in [9.17, 15) is 0 Å². The Kier molecular flexibility index (Phi) is 2.78. The summed E-state index contributed by atoms with van der Waals surface area (Å²) < 4.78 is 7.90. The molecule has 0 radical (unpaired) electrons. The second-order valence-corrected chi connectivity index (χ2v) is 4.95. The molecule has 96 valence electrons. The van der Waals surface area contributed by atoms with E-state index >= 15 is 0 Å². The summed E-state index contributed by atoms with van der Waals surface area (Å²) >= 11 is 0. The van der Waals surface area contributed by atoms with E-state index in [4.69, 9.17) is 4.74 Å². The third-order valence-corrected chi connectivity index (χ3v) is 3.94. The molecule has 3 rings (SSSR count). The topological polar surface area (TPSA) is 26.2 Å². The highest BCUT2D eigenvalue weighted by Gasteiger charge is 2.20. The molecule has 1 aromatic heterocycles. The molecule has 0 unspecified atom stereocenters. The number of aromatic nitrogens is 1. The smallest absolute Gasteiger partial charge is 0.119 e. The van der Waals surface area contributed by atoms with Crippen LogP contribution in [0.25, 0.3) is 10.9 Å². The molecule has 0 bridgehead atoms. The zero-order valence-corrected chi connectivity index (χ0v) is 11.3. The van der Waals surface area contributed by atoms with E-state index in [1.165, 1.54) is 27.7 Å². The summed E-state index contributed by atoms with van der Waals surface area (Å²) in [6, 6.07) is 4.32. The Labute approximate surface area is 108 Å². The molecule has 3 heteroatoms. The van der Waals surface area contributed by atoms with E-state index in [1.807, 2.05) is 0 Å². The molecule has 0 saturated carbocycles. The SMILES string of the molecule is CCc1c2n(c3c(C)cc(OC)cc13)CCNC2. The Morgan fingerprint density at radius 1 is 1.39 bits per heavy atom. The number of hydrogen-bond donors (Lipinski definition) is 1. The van der Waals surface area contributed by atoms with Gasteiger partial charge in [-0.1, -0.05) is 6.92 Å². The van der Waals surface area contributed by atoms with Crippen LogP contribution in [0.2, 0.25) is 0 Å². The van der Waals surface area contributed by atoms with Gasteiger partial charge in [-0.2, -0.15) is 0 Å². The molecule has 18 heavy (non-hydrogen) atoms. The fourth-order valence-corrected chi connectivity index (χ4v) is 3.15. The Morgan fingerprint density at radius 3 is 2.94 bits per heavy atom. The molecular formula is C15H20N2O. The molecule has 2 aromatic rings. The maximum absolute atomic E-state index is 5.41. The number of hydrogen-bond acceptors (Lipinski definition) is 2. The summed E-state index contributed by atoms with van der Waals surface area (Å²) in [5.41, 5.74) is 5.63. The van der Waals surface area contributed by atoms with Crippen LogP contribution < -0.4 is 10.1 Å². The number of rotatable bonds is 2. The van der Waals surface area contributed by atoms with E-state index < -0.39 is 0 Å². The zero-order chi connectivity index (χ0) is 12.7. The minimum atomic E-state index is 0.964. The summed E-state index contributed by atoms with van der Waals surface area (Å²) in [5, 5.41) is 4.84. The first-order chi connectivity index (χ1) is 8.76. The highest BCUT2D eigenvalue weighted by atomic mass is 16.5. The molecule has 0 atom stereocenters. The highest BCUT2D eigenvalue weighted by molar-refractivity contribution is 5.89. The summed E-state index contributed by atoms with van der Waals surface area (Å²) in [6.07, 6.45) is 1.08. The van der Waals surface area contributed by atoms with Gasteiger partial charge in [-0.15, -0.1) is 0 Å². The number of benzene rings is 1. The van der Waals surface area contributed by atoms with Gasteiger partial charge in [-0.25, -0.2) is 0 Å². The van der Waals surface area contributed by atoms with Crippen molar-refractivity contribution in [2.45, 2.75) is 33.4 Å². The second-order valence-electron chi connectivity index (χ2n) is 4.95. The van der Waals surface area contributed by atoms with Gasteiger partial charge in [0.05, 0.1) is 12.6 Å². The lowest BCUT2D eigenvalue weighted by molar-refractivity contribution is 0.415. The van der Waals surface area contributed by atoms with Crippen LogP contribution in [0.3, 0.4) is 0 Å². The van der Waals surface area contributed by atoms with Crippen molar-refractivity contribution in [3.8, 4) is 5.75 Å². The van der Waals surface area contributed by atoms with Crippen molar-refractivity contribution in [2.75, 3.05) is 13.7 Å². The van der Waals surface area contributed by atoms with Gasteiger partial charge >= 0.3 is 0 Å². The van der Waals surface area contributed by atoms with Gasteiger partial charge in [0.1, 0.15) is 5.75 Å². The first-order valence-corrected chi connectivity index (χ1v) is 6.65. The highest BCUT2D eigenvalue weighted by Crippen LogP contribution is 2.33. The normalized spacial score (nSPS) is 14.8.